The van der Waals surface area contributed by atoms with Crippen LogP contribution in [0.5, 0.6) is 0 Å². The van der Waals surface area contributed by atoms with Gasteiger partial charge in [0, 0.05) is 6.42 Å². The predicted molar refractivity (Wildman–Crippen MR) is 174 cm³/mol. The minimum absolute atomic E-state index is 0.0404. The molecule has 0 saturated heterocycles. The van der Waals surface area contributed by atoms with Crippen molar-refractivity contribution in [3.05, 3.63) is 128 Å². The van der Waals surface area contributed by atoms with Crippen molar-refractivity contribution in [2.75, 3.05) is 16.9 Å². The lowest BCUT2D eigenvalue weighted by Gasteiger charge is -2.25. The molecule has 12 nitrogen and oxygen atoms in total. The van der Waals surface area contributed by atoms with E-state index in [2.05, 4.69) is 5.32 Å². The Morgan fingerprint density at radius 2 is 1.35 bits per heavy atom. The third-order valence-corrected chi connectivity index (χ3v) is 8.59. The first-order valence-corrected chi connectivity index (χ1v) is 15.0. The predicted octanol–water partition coefficient (Wildman–Crippen LogP) is 4.51. The van der Waals surface area contributed by atoms with Crippen LogP contribution in [0.1, 0.15) is 74.0 Å². The van der Waals surface area contributed by atoms with Gasteiger partial charge in [-0.1, -0.05) is 41.9 Å². The highest BCUT2D eigenvalue weighted by molar-refractivity contribution is 6.39. The molecule has 0 bridgehead atoms. The van der Waals surface area contributed by atoms with Crippen LogP contribution in [0.2, 0.25) is 5.02 Å². The summed E-state index contributed by atoms with van der Waals surface area (Å²) in [5.41, 5.74) is 0.115. The van der Waals surface area contributed by atoms with Gasteiger partial charge in [-0.05, 0) is 60.5 Å². The lowest BCUT2D eigenvalue weighted by molar-refractivity contribution is -0.142. The molecule has 0 fully saturated rings. The molecular weight excluding hydrogens is 650 g/mol. The average Bonchev–Trinajstić information content (AvgIpc) is 3.51. The number of anilines is 2. The van der Waals surface area contributed by atoms with Crippen molar-refractivity contribution in [2.24, 2.45) is 0 Å². The topological polar surface area (TPSA) is 178 Å². The third-order valence-electron chi connectivity index (χ3n) is 8.27. The normalized spacial score (nSPS) is 13.8. The zero-order chi connectivity index (χ0) is 35.1. The van der Waals surface area contributed by atoms with E-state index < -0.39 is 41.5 Å². The van der Waals surface area contributed by atoms with E-state index in [1.807, 2.05) is 12.1 Å². The third kappa shape index (κ3) is 5.26. The molecule has 0 radical (unpaired) electrons. The fourth-order valence-corrected chi connectivity index (χ4v) is 6.29. The second-order valence-corrected chi connectivity index (χ2v) is 11.5. The summed E-state index contributed by atoms with van der Waals surface area (Å²) in [5, 5.41) is 22.1. The van der Waals surface area contributed by atoms with Gasteiger partial charge in [-0.15, -0.1) is 0 Å². The van der Waals surface area contributed by atoms with Crippen LogP contribution in [0.15, 0.2) is 72.8 Å². The van der Waals surface area contributed by atoms with Crippen molar-refractivity contribution in [1.29, 1.82) is 10.5 Å². The molecule has 0 aliphatic carbocycles. The molecule has 4 aromatic rings. The van der Waals surface area contributed by atoms with E-state index in [9.17, 15) is 39.3 Å². The summed E-state index contributed by atoms with van der Waals surface area (Å²) in [6.45, 7) is 1.68. The van der Waals surface area contributed by atoms with Crippen molar-refractivity contribution >= 4 is 58.5 Å². The molecule has 1 N–H and O–H groups in total. The summed E-state index contributed by atoms with van der Waals surface area (Å²) in [7, 11) is 1.14. The van der Waals surface area contributed by atoms with Gasteiger partial charge < -0.3 is 10.1 Å². The SMILES string of the molecule is COC(=O)[C@H](Cc1ccc(N2C(=O)c3cccc(C#N)c3C2=O)c(N2C(=O)c3cccc(C#N)c3C2=O)c1)NC(=O)c1c(C)cccc1Cl. The summed E-state index contributed by atoms with van der Waals surface area (Å²) in [4.78, 5) is 82.8. The van der Waals surface area contributed by atoms with Crippen molar-refractivity contribution < 1.29 is 33.5 Å². The van der Waals surface area contributed by atoms with Gasteiger partial charge >= 0.3 is 5.97 Å². The molecule has 240 valence electrons. The zero-order valence-corrected chi connectivity index (χ0v) is 26.5. The zero-order valence-electron chi connectivity index (χ0n) is 25.7. The van der Waals surface area contributed by atoms with Crippen molar-refractivity contribution in [3.63, 3.8) is 0 Å². The Bertz CT molecular complexity index is 2250. The number of halogens is 1. The molecule has 0 unspecified atom stereocenters. The van der Waals surface area contributed by atoms with Gasteiger partial charge in [0.1, 0.15) is 6.04 Å². The van der Waals surface area contributed by atoms with E-state index in [0.717, 1.165) is 16.9 Å². The highest BCUT2D eigenvalue weighted by Crippen LogP contribution is 2.41. The molecule has 0 aromatic heterocycles. The van der Waals surface area contributed by atoms with Crippen LogP contribution < -0.4 is 15.1 Å². The summed E-state index contributed by atoms with van der Waals surface area (Å²) in [6, 6.07) is 19.9. The lowest BCUT2D eigenvalue weighted by atomic mass is 10.0. The van der Waals surface area contributed by atoms with Crippen molar-refractivity contribution in [2.45, 2.75) is 19.4 Å². The van der Waals surface area contributed by atoms with Crippen molar-refractivity contribution in [1.82, 2.24) is 5.32 Å². The number of nitriles is 2. The molecule has 0 saturated carbocycles. The standard InChI is InChI=1S/C36H22ClN5O7/c1-18-6-3-11-24(37)28(18)31(43)40-25(36(48)49-2)14-19-12-13-26(41-32(44)22-9-4-7-20(16-38)29(22)34(41)46)27(15-19)42-33(45)23-10-5-8-21(17-39)30(23)35(42)47/h3-13,15,25H,14H2,1-2H3,(H,40,43)/t25-/m0/s1. The van der Waals surface area contributed by atoms with Crippen LogP contribution in [0.3, 0.4) is 0 Å². The van der Waals surface area contributed by atoms with Gasteiger partial charge in [-0.2, -0.15) is 10.5 Å². The summed E-state index contributed by atoms with van der Waals surface area (Å²) in [5.74, 6) is -4.81. The molecule has 2 aliphatic heterocycles. The number of carbonyl (C=O) groups is 6. The van der Waals surface area contributed by atoms with E-state index in [4.69, 9.17) is 16.3 Å². The van der Waals surface area contributed by atoms with Crippen LogP contribution in [0, 0.1) is 29.6 Å². The van der Waals surface area contributed by atoms with Gasteiger partial charge in [-0.25, -0.2) is 14.6 Å². The second kappa shape index (κ2) is 12.5. The molecule has 49 heavy (non-hydrogen) atoms. The maximum atomic E-state index is 13.9. The average molecular weight is 672 g/mol. The first-order chi connectivity index (χ1) is 23.5. The number of amides is 5. The highest BCUT2D eigenvalue weighted by atomic mass is 35.5. The van der Waals surface area contributed by atoms with Crippen LogP contribution >= 0.6 is 11.6 Å². The number of aryl methyl sites for hydroxylation is 1. The van der Waals surface area contributed by atoms with Gasteiger partial charge in [0.25, 0.3) is 29.5 Å². The maximum Gasteiger partial charge on any atom is 0.328 e. The fraction of sp³-hybridized carbons (Fsp3) is 0.111. The number of esters is 1. The first kappa shape index (κ1) is 32.3. The number of carbonyl (C=O) groups excluding carboxylic acids is 6. The van der Waals surface area contributed by atoms with Gasteiger partial charge in [-0.3, -0.25) is 24.0 Å². The quantitative estimate of drug-likeness (QED) is 0.219. The minimum atomic E-state index is -1.28. The Morgan fingerprint density at radius 3 is 1.88 bits per heavy atom. The van der Waals surface area contributed by atoms with E-state index in [-0.39, 0.29) is 67.3 Å². The fourth-order valence-electron chi connectivity index (χ4n) is 5.98. The number of imide groups is 2. The first-order valence-electron chi connectivity index (χ1n) is 14.6. The summed E-state index contributed by atoms with van der Waals surface area (Å²) < 4.78 is 4.94. The number of rotatable bonds is 7. The monoisotopic (exact) mass is 671 g/mol. The largest absolute Gasteiger partial charge is 0.467 e. The Balaban J connectivity index is 1.46. The maximum absolute atomic E-state index is 13.9. The van der Waals surface area contributed by atoms with Gasteiger partial charge in [0.2, 0.25) is 0 Å². The smallest absolute Gasteiger partial charge is 0.328 e. The molecule has 2 aliphatic rings. The molecule has 0 spiro atoms. The molecular formula is C36H22ClN5O7. The van der Waals surface area contributed by atoms with Crippen LogP contribution in [-0.2, 0) is 16.0 Å². The number of fused-ring (bicyclic) bond motifs is 2. The molecule has 2 heterocycles. The number of hydrogen-bond acceptors (Lipinski definition) is 9. The van der Waals surface area contributed by atoms with Crippen LogP contribution in [0.25, 0.3) is 0 Å². The lowest BCUT2D eigenvalue weighted by Crippen LogP contribution is -2.43. The molecule has 6 rings (SSSR count). The number of benzene rings is 4. The number of ether oxygens (including phenoxy) is 1. The van der Waals surface area contributed by atoms with Crippen molar-refractivity contribution in [3.8, 4) is 12.1 Å². The van der Waals surface area contributed by atoms with E-state index in [1.165, 1.54) is 60.7 Å². The molecule has 5 amide bonds. The number of nitrogens with one attached hydrogen (secondary N) is 1. The Morgan fingerprint density at radius 1 is 0.796 bits per heavy atom. The van der Waals surface area contributed by atoms with Gasteiger partial charge in [0.15, 0.2) is 0 Å². The van der Waals surface area contributed by atoms with Crippen LogP contribution in [0.4, 0.5) is 11.4 Å². The number of hydrogen-bond donors (Lipinski definition) is 1. The van der Waals surface area contributed by atoms with E-state index in [0.29, 0.717) is 5.56 Å². The molecule has 13 heteroatoms. The Labute approximate surface area is 283 Å². The number of nitrogens with zero attached hydrogens (tertiary/aromatic N) is 4. The minimum Gasteiger partial charge on any atom is -0.467 e. The van der Waals surface area contributed by atoms with E-state index >= 15 is 0 Å². The Hall–Kier alpha value is -6.63. The highest BCUT2D eigenvalue weighted by Gasteiger charge is 2.44. The summed E-state index contributed by atoms with van der Waals surface area (Å²) >= 11 is 6.27. The second-order valence-electron chi connectivity index (χ2n) is 11.1. The van der Waals surface area contributed by atoms with Gasteiger partial charge in [0.05, 0.1) is 74.6 Å². The van der Waals surface area contributed by atoms with E-state index in [1.54, 1.807) is 19.1 Å². The molecule has 1 atom stereocenters. The van der Waals surface area contributed by atoms with Crippen LogP contribution in [-0.4, -0.2) is 48.7 Å². The summed E-state index contributed by atoms with van der Waals surface area (Å²) in [6.07, 6.45) is -0.220. The number of methoxy groups -OCH3 is 1. The Kier molecular flexibility index (Phi) is 8.26. The molecule has 4 aromatic carbocycles.